The first-order chi connectivity index (χ1) is 9.15. The number of fused-ring (bicyclic) bond motifs is 1. The van der Waals surface area contributed by atoms with E-state index in [0.29, 0.717) is 5.82 Å². The molecule has 0 saturated carbocycles. The van der Waals surface area contributed by atoms with Gasteiger partial charge in [-0.2, -0.15) is 5.10 Å². The Hall–Kier alpha value is -1.91. The van der Waals surface area contributed by atoms with Crippen molar-refractivity contribution in [2.45, 2.75) is 39.0 Å². The Morgan fingerprint density at radius 3 is 2.79 bits per heavy atom. The Balaban J connectivity index is 2.14. The number of nitrogens with zero attached hydrogens (tertiary/aromatic N) is 3. The van der Waals surface area contributed by atoms with E-state index in [4.69, 9.17) is 0 Å². The Bertz CT molecular complexity index is 669. The van der Waals surface area contributed by atoms with Crippen LogP contribution in [0.1, 0.15) is 36.2 Å². The molecule has 0 unspecified atom stereocenters. The third-order valence-corrected chi connectivity index (χ3v) is 3.71. The smallest absolute Gasteiger partial charge is 0.254 e. The fraction of sp³-hybridized carbons (Fsp3) is 0.500. The number of H-pyrrole nitrogens is 1. The van der Waals surface area contributed by atoms with Crippen LogP contribution in [0.15, 0.2) is 11.0 Å². The van der Waals surface area contributed by atoms with Crippen molar-refractivity contribution in [2.24, 2.45) is 7.05 Å². The van der Waals surface area contributed by atoms with Crippen molar-refractivity contribution in [3.8, 4) is 11.4 Å². The molecular weight excluding hydrogens is 240 g/mol. The predicted octanol–water partition coefficient (Wildman–Crippen LogP) is 1.75. The van der Waals surface area contributed by atoms with Gasteiger partial charge in [-0.3, -0.25) is 9.48 Å². The van der Waals surface area contributed by atoms with Crippen LogP contribution in [-0.2, 0) is 19.9 Å². The predicted molar refractivity (Wildman–Crippen MR) is 73.1 cm³/mol. The van der Waals surface area contributed by atoms with E-state index in [1.165, 1.54) is 6.42 Å². The number of aryl methyl sites for hydroxylation is 3. The SMILES string of the molecule is Cc1nn(C)cc1-c1nc2c(c(=O)[nH]1)CCCCC2. The summed E-state index contributed by atoms with van der Waals surface area (Å²) in [7, 11) is 1.87. The van der Waals surface area contributed by atoms with Crippen LogP contribution in [-0.4, -0.2) is 19.7 Å². The van der Waals surface area contributed by atoms with Crippen LogP contribution >= 0.6 is 0 Å². The average Bonchev–Trinajstić information content (AvgIpc) is 2.59. The molecular formula is C14H18N4O. The van der Waals surface area contributed by atoms with Crippen molar-refractivity contribution in [3.05, 3.63) is 33.5 Å². The van der Waals surface area contributed by atoms with Gasteiger partial charge in [0.15, 0.2) is 0 Å². The maximum Gasteiger partial charge on any atom is 0.254 e. The molecule has 0 atom stereocenters. The average molecular weight is 258 g/mol. The largest absolute Gasteiger partial charge is 0.306 e. The zero-order valence-corrected chi connectivity index (χ0v) is 11.4. The zero-order valence-electron chi connectivity index (χ0n) is 11.4. The van der Waals surface area contributed by atoms with Crippen molar-refractivity contribution in [1.29, 1.82) is 0 Å². The highest BCUT2D eigenvalue weighted by Crippen LogP contribution is 2.21. The molecule has 0 radical (unpaired) electrons. The molecule has 5 heteroatoms. The molecule has 5 nitrogen and oxygen atoms in total. The van der Waals surface area contributed by atoms with Gasteiger partial charge in [-0.1, -0.05) is 6.42 Å². The molecule has 2 heterocycles. The second-order valence-corrected chi connectivity index (χ2v) is 5.20. The maximum absolute atomic E-state index is 12.2. The molecule has 1 aliphatic rings. The lowest BCUT2D eigenvalue weighted by Gasteiger charge is -2.06. The van der Waals surface area contributed by atoms with Gasteiger partial charge in [0.05, 0.1) is 17.0 Å². The molecule has 0 saturated heterocycles. The molecule has 3 rings (SSSR count). The molecule has 0 aliphatic heterocycles. The molecule has 0 spiro atoms. The first-order valence-corrected chi connectivity index (χ1v) is 6.78. The van der Waals surface area contributed by atoms with Crippen molar-refractivity contribution < 1.29 is 0 Å². The van der Waals surface area contributed by atoms with Crippen LogP contribution in [0.2, 0.25) is 0 Å². The monoisotopic (exact) mass is 258 g/mol. The highest BCUT2D eigenvalue weighted by atomic mass is 16.1. The fourth-order valence-electron chi connectivity index (χ4n) is 2.74. The summed E-state index contributed by atoms with van der Waals surface area (Å²) in [5.41, 5.74) is 3.67. The van der Waals surface area contributed by atoms with E-state index in [2.05, 4.69) is 15.1 Å². The lowest BCUT2D eigenvalue weighted by Crippen LogP contribution is -2.18. The molecule has 0 fully saturated rings. The van der Waals surface area contributed by atoms with Gasteiger partial charge in [0.1, 0.15) is 5.82 Å². The summed E-state index contributed by atoms with van der Waals surface area (Å²) in [5, 5.41) is 4.30. The molecule has 1 N–H and O–H groups in total. The summed E-state index contributed by atoms with van der Waals surface area (Å²) in [6.45, 7) is 1.93. The fourth-order valence-corrected chi connectivity index (χ4v) is 2.74. The number of rotatable bonds is 1. The second kappa shape index (κ2) is 4.64. The summed E-state index contributed by atoms with van der Waals surface area (Å²) in [6.07, 6.45) is 7.04. The molecule has 0 amide bonds. The molecule has 19 heavy (non-hydrogen) atoms. The van der Waals surface area contributed by atoms with E-state index in [1.54, 1.807) is 4.68 Å². The Morgan fingerprint density at radius 1 is 1.26 bits per heavy atom. The zero-order chi connectivity index (χ0) is 13.4. The van der Waals surface area contributed by atoms with Gasteiger partial charge in [0, 0.05) is 18.8 Å². The van der Waals surface area contributed by atoms with Crippen molar-refractivity contribution in [3.63, 3.8) is 0 Å². The summed E-state index contributed by atoms with van der Waals surface area (Å²) in [5.74, 6) is 0.649. The Kier molecular flexibility index (Phi) is 2.97. The van der Waals surface area contributed by atoms with Gasteiger partial charge >= 0.3 is 0 Å². The Labute approximate surface area is 111 Å². The van der Waals surface area contributed by atoms with Gasteiger partial charge < -0.3 is 4.98 Å². The highest BCUT2D eigenvalue weighted by molar-refractivity contribution is 5.57. The number of aromatic amines is 1. The summed E-state index contributed by atoms with van der Waals surface area (Å²) in [4.78, 5) is 19.8. The standard InChI is InChI=1S/C14H18N4O/c1-9-11(8-18(2)17-9)13-15-12-7-5-3-4-6-10(12)14(19)16-13/h8H,3-7H2,1-2H3,(H,15,16,19). The van der Waals surface area contributed by atoms with Crippen LogP contribution in [0.5, 0.6) is 0 Å². The van der Waals surface area contributed by atoms with Gasteiger partial charge in [-0.15, -0.1) is 0 Å². The number of nitrogens with one attached hydrogen (secondary N) is 1. The number of aromatic nitrogens is 4. The molecule has 0 aromatic carbocycles. The quantitative estimate of drug-likeness (QED) is 0.793. The van der Waals surface area contributed by atoms with E-state index in [0.717, 1.165) is 48.2 Å². The van der Waals surface area contributed by atoms with Crippen molar-refractivity contribution in [2.75, 3.05) is 0 Å². The summed E-state index contributed by atoms with van der Waals surface area (Å²) < 4.78 is 1.75. The minimum absolute atomic E-state index is 0.0187. The normalized spacial score (nSPS) is 15.1. The van der Waals surface area contributed by atoms with Gasteiger partial charge in [0.2, 0.25) is 0 Å². The third-order valence-electron chi connectivity index (χ3n) is 3.71. The third kappa shape index (κ3) is 2.20. The van der Waals surface area contributed by atoms with E-state index < -0.39 is 0 Å². The van der Waals surface area contributed by atoms with Crippen LogP contribution in [0.3, 0.4) is 0 Å². The first kappa shape index (κ1) is 12.1. The van der Waals surface area contributed by atoms with Crippen LogP contribution < -0.4 is 5.56 Å². The van der Waals surface area contributed by atoms with E-state index in [9.17, 15) is 4.79 Å². The van der Waals surface area contributed by atoms with Crippen LogP contribution in [0.4, 0.5) is 0 Å². The molecule has 1 aliphatic carbocycles. The molecule has 2 aromatic heterocycles. The molecule has 2 aromatic rings. The lowest BCUT2D eigenvalue weighted by atomic mass is 10.1. The minimum Gasteiger partial charge on any atom is -0.306 e. The summed E-state index contributed by atoms with van der Waals surface area (Å²) in [6, 6.07) is 0. The maximum atomic E-state index is 12.2. The Morgan fingerprint density at radius 2 is 2.05 bits per heavy atom. The van der Waals surface area contributed by atoms with Crippen LogP contribution in [0, 0.1) is 6.92 Å². The van der Waals surface area contributed by atoms with Crippen LogP contribution in [0.25, 0.3) is 11.4 Å². The van der Waals surface area contributed by atoms with Gasteiger partial charge in [0.25, 0.3) is 5.56 Å². The molecule has 100 valence electrons. The molecule has 0 bridgehead atoms. The lowest BCUT2D eigenvalue weighted by molar-refractivity contribution is 0.708. The summed E-state index contributed by atoms with van der Waals surface area (Å²) >= 11 is 0. The van der Waals surface area contributed by atoms with E-state index in [1.807, 2.05) is 20.2 Å². The van der Waals surface area contributed by atoms with E-state index >= 15 is 0 Å². The second-order valence-electron chi connectivity index (χ2n) is 5.20. The van der Waals surface area contributed by atoms with Crippen molar-refractivity contribution in [1.82, 2.24) is 19.7 Å². The number of hydrogen-bond acceptors (Lipinski definition) is 3. The van der Waals surface area contributed by atoms with Gasteiger partial charge in [-0.25, -0.2) is 4.98 Å². The minimum atomic E-state index is 0.0187. The van der Waals surface area contributed by atoms with E-state index in [-0.39, 0.29) is 5.56 Å². The first-order valence-electron chi connectivity index (χ1n) is 6.78. The number of hydrogen-bond donors (Lipinski definition) is 1. The highest BCUT2D eigenvalue weighted by Gasteiger charge is 2.16. The van der Waals surface area contributed by atoms with Crippen molar-refractivity contribution >= 4 is 0 Å². The topological polar surface area (TPSA) is 63.6 Å². The van der Waals surface area contributed by atoms with Gasteiger partial charge in [-0.05, 0) is 32.6 Å².